The van der Waals surface area contributed by atoms with Crippen LogP contribution in [-0.4, -0.2) is 28.7 Å². The molecule has 0 saturated heterocycles. The van der Waals surface area contributed by atoms with E-state index in [1.807, 2.05) is 13.0 Å². The SMILES string of the molecule is Cc1sc(C(=O)NCC[S@@](C)=O)cc1-c1ccc(F)cc1. The van der Waals surface area contributed by atoms with Crippen LogP contribution >= 0.6 is 11.3 Å². The number of carbonyl (C=O) groups excluding carboxylic acids is 1. The molecule has 1 N–H and O–H groups in total. The summed E-state index contributed by atoms with van der Waals surface area (Å²) < 4.78 is 23.9. The molecular weight excluding hydrogens is 309 g/mol. The van der Waals surface area contributed by atoms with Crippen molar-refractivity contribution < 1.29 is 13.4 Å². The number of hydrogen-bond donors (Lipinski definition) is 1. The Balaban J connectivity index is 2.13. The molecule has 21 heavy (non-hydrogen) atoms. The average molecular weight is 325 g/mol. The Labute approximate surface area is 129 Å². The number of aryl methyl sites for hydroxylation is 1. The molecule has 0 fully saturated rings. The van der Waals surface area contributed by atoms with Gasteiger partial charge >= 0.3 is 0 Å². The minimum atomic E-state index is -0.916. The van der Waals surface area contributed by atoms with Crippen molar-refractivity contribution >= 4 is 28.0 Å². The van der Waals surface area contributed by atoms with E-state index in [9.17, 15) is 13.4 Å². The highest BCUT2D eigenvalue weighted by molar-refractivity contribution is 7.84. The lowest BCUT2D eigenvalue weighted by atomic mass is 10.1. The van der Waals surface area contributed by atoms with Crippen LogP contribution in [0.2, 0.25) is 0 Å². The molecule has 1 aromatic heterocycles. The van der Waals surface area contributed by atoms with Gasteiger partial charge in [0.05, 0.1) is 4.88 Å². The Morgan fingerprint density at radius 2 is 2.00 bits per heavy atom. The third-order valence-electron chi connectivity index (χ3n) is 2.97. The van der Waals surface area contributed by atoms with Crippen LogP contribution in [0.25, 0.3) is 11.1 Å². The van der Waals surface area contributed by atoms with Gasteiger partial charge in [0.15, 0.2) is 0 Å². The van der Waals surface area contributed by atoms with Crippen LogP contribution in [0.1, 0.15) is 14.5 Å². The minimum absolute atomic E-state index is 0.165. The number of halogens is 1. The topological polar surface area (TPSA) is 46.2 Å². The molecule has 1 heterocycles. The van der Waals surface area contributed by atoms with Crippen LogP contribution in [0, 0.1) is 12.7 Å². The fourth-order valence-electron chi connectivity index (χ4n) is 1.91. The van der Waals surface area contributed by atoms with Gasteiger partial charge in [-0.15, -0.1) is 11.3 Å². The summed E-state index contributed by atoms with van der Waals surface area (Å²) in [5.74, 6) is 0.0000547. The normalized spacial score (nSPS) is 12.1. The highest BCUT2D eigenvalue weighted by atomic mass is 32.2. The molecule has 112 valence electrons. The van der Waals surface area contributed by atoms with E-state index in [4.69, 9.17) is 0 Å². The van der Waals surface area contributed by atoms with Gasteiger partial charge in [0.25, 0.3) is 5.91 Å². The molecule has 3 nitrogen and oxygen atoms in total. The second-order valence-electron chi connectivity index (χ2n) is 4.62. The van der Waals surface area contributed by atoms with Gasteiger partial charge in [-0.25, -0.2) is 4.39 Å². The third kappa shape index (κ3) is 4.22. The van der Waals surface area contributed by atoms with Crippen molar-refractivity contribution in [1.29, 1.82) is 0 Å². The molecule has 0 spiro atoms. The van der Waals surface area contributed by atoms with E-state index in [2.05, 4.69) is 5.32 Å². The number of amides is 1. The number of hydrogen-bond acceptors (Lipinski definition) is 3. The van der Waals surface area contributed by atoms with Crippen molar-refractivity contribution in [2.45, 2.75) is 6.92 Å². The van der Waals surface area contributed by atoms with Crippen molar-refractivity contribution in [1.82, 2.24) is 5.32 Å². The molecule has 6 heteroatoms. The molecule has 0 saturated carbocycles. The van der Waals surface area contributed by atoms with Crippen molar-refractivity contribution in [2.75, 3.05) is 18.6 Å². The number of carbonyl (C=O) groups is 1. The van der Waals surface area contributed by atoms with Crippen LogP contribution < -0.4 is 5.32 Å². The van der Waals surface area contributed by atoms with E-state index >= 15 is 0 Å². The zero-order valence-corrected chi connectivity index (χ0v) is 13.4. The number of thiophene rings is 1. The smallest absolute Gasteiger partial charge is 0.261 e. The summed E-state index contributed by atoms with van der Waals surface area (Å²) >= 11 is 1.40. The maximum Gasteiger partial charge on any atom is 0.261 e. The summed E-state index contributed by atoms with van der Waals surface area (Å²) in [6.07, 6.45) is 1.61. The van der Waals surface area contributed by atoms with E-state index < -0.39 is 10.8 Å². The fraction of sp³-hybridized carbons (Fsp3) is 0.267. The zero-order chi connectivity index (χ0) is 15.4. The molecule has 1 aromatic carbocycles. The van der Waals surface area contributed by atoms with Gasteiger partial charge in [-0.05, 0) is 36.2 Å². The molecule has 1 atom stereocenters. The first-order valence-corrected chi connectivity index (χ1v) is 8.96. The Morgan fingerprint density at radius 1 is 1.33 bits per heavy atom. The van der Waals surface area contributed by atoms with Crippen molar-refractivity contribution in [3.63, 3.8) is 0 Å². The maximum absolute atomic E-state index is 13.0. The molecule has 0 aliphatic rings. The lowest BCUT2D eigenvalue weighted by Gasteiger charge is -2.01. The van der Waals surface area contributed by atoms with E-state index in [-0.39, 0.29) is 11.7 Å². The lowest BCUT2D eigenvalue weighted by molar-refractivity contribution is 0.0960. The quantitative estimate of drug-likeness (QED) is 0.918. The lowest BCUT2D eigenvalue weighted by Crippen LogP contribution is -2.26. The first kappa shape index (κ1) is 15.9. The highest BCUT2D eigenvalue weighted by Gasteiger charge is 2.13. The third-order valence-corrected chi connectivity index (χ3v) is 4.80. The number of nitrogens with one attached hydrogen (secondary N) is 1. The largest absolute Gasteiger partial charge is 0.350 e. The summed E-state index contributed by atoms with van der Waals surface area (Å²) in [4.78, 5) is 13.6. The van der Waals surface area contributed by atoms with E-state index in [1.54, 1.807) is 18.4 Å². The fourth-order valence-corrected chi connectivity index (χ4v) is 3.25. The predicted molar refractivity (Wildman–Crippen MR) is 85.7 cm³/mol. The Hall–Kier alpha value is -1.53. The molecule has 2 rings (SSSR count). The van der Waals surface area contributed by atoms with Crippen LogP contribution in [0.4, 0.5) is 4.39 Å². The van der Waals surface area contributed by atoms with Crippen molar-refractivity contribution in [2.24, 2.45) is 0 Å². The summed E-state index contributed by atoms with van der Waals surface area (Å²) in [6, 6.07) is 8.02. The molecule has 2 aromatic rings. The highest BCUT2D eigenvalue weighted by Crippen LogP contribution is 2.31. The summed E-state index contributed by atoms with van der Waals surface area (Å²) in [6.45, 7) is 2.33. The number of benzene rings is 1. The molecular formula is C15H16FNO2S2. The van der Waals surface area contributed by atoms with Crippen LogP contribution in [-0.2, 0) is 10.8 Å². The monoisotopic (exact) mass is 325 g/mol. The first-order chi connectivity index (χ1) is 9.97. The van der Waals surface area contributed by atoms with Crippen LogP contribution in [0.15, 0.2) is 30.3 Å². The molecule has 0 aliphatic carbocycles. The van der Waals surface area contributed by atoms with E-state index in [1.165, 1.54) is 23.5 Å². The molecule has 0 radical (unpaired) electrons. The number of rotatable bonds is 5. The van der Waals surface area contributed by atoms with E-state index in [0.717, 1.165) is 16.0 Å². The Bertz CT molecular complexity index is 665. The van der Waals surface area contributed by atoms with Gasteiger partial charge < -0.3 is 5.32 Å². The van der Waals surface area contributed by atoms with E-state index in [0.29, 0.717) is 17.2 Å². The van der Waals surface area contributed by atoms with Gasteiger partial charge in [0, 0.05) is 34.2 Å². The Morgan fingerprint density at radius 3 is 2.62 bits per heavy atom. The predicted octanol–water partition coefficient (Wildman–Crippen LogP) is 2.97. The molecule has 0 aliphatic heterocycles. The van der Waals surface area contributed by atoms with Gasteiger partial charge in [-0.3, -0.25) is 9.00 Å². The molecule has 1 amide bonds. The maximum atomic E-state index is 13.0. The van der Waals surface area contributed by atoms with Crippen LogP contribution in [0.3, 0.4) is 0 Å². The summed E-state index contributed by atoms with van der Waals surface area (Å²) in [5, 5.41) is 2.75. The average Bonchev–Trinajstić information content (AvgIpc) is 2.81. The van der Waals surface area contributed by atoms with Crippen molar-refractivity contribution in [3.8, 4) is 11.1 Å². The minimum Gasteiger partial charge on any atom is -0.350 e. The molecule has 0 bridgehead atoms. The van der Waals surface area contributed by atoms with Gasteiger partial charge in [-0.1, -0.05) is 12.1 Å². The second kappa shape index (κ2) is 6.95. The van der Waals surface area contributed by atoms with Gasteiger partial charge in [-0.2, -0.15) is 0 Å². The summed E-state index contributed by atoms with van der Waals surface area (Å²) in [5.41, 5.74) is 1.82. The van der Waals surface area contributed by atoms with Gasteiger partial charge in [0.2, 0.25) is 0 Å². The summed E-state index contributed by atoms with van der Waals surface area (Å²) in [7, 11) is -0.916. The Kier molecular flexibility index (Phi) is 5.25. The van der Waals surface area contributed by atoms with Gasteiger partial charge in [0.1, 0.15) is 5.82 Å². The second-order valence-corrected chi connectivity index (χ2v) is 7.43. The van der Waals surface area contributed by atoms with Crippen molar-refractivity contribution in [3.05, 3.63) is 45.9 Å². The molecule has 0 unspecified atom stereocenters. The first-order valence-electron chi connectivity index (χ1n) is 6.42. The standard InChI is InChI=1S/C15H16FNO2S2/c1-10-13(11-3-5-12(16)6-4-11)9-14(20-10)15(18)17-7-8-21(2)19/h3-6,9H,7-8H2,1-2H3,(H,17,18)/t21-/m1/s1. The zero-order valence-electron chi connectivity index (χ0n) is 11.8. The van der Waals surface area contributed by atoms with Crippen LogP contribution in [0.5, 0.6) is 0 Å².